The normalized spacial score (nSPS) is 10.5. The molecule has 1 heterocycles. The van der Waals surface area contributed by atoms with Crippen LogP contribution in [0.5, 0.6) is 0 Å². The van der Waals surface area contributed by atoms with Gasteiger partial charge in [0.25, 0.3) is 0 Å². The average molecular weight is 204 g/mol. The van der Waals surface area contributed by atoms with Gasteiger partial charge in [-0.25, -0.2) is 4.68 Å². The van der Waals surface area contributed by atoms with Crippen LogP contribution in [-0.4, -0.2) is 25.3 Å². The first-order valence-electron chi connectivity index (χ1n) is 4.80. The molecule has 5 nitrogen and oxygen atoms in total. The van der Waals surface area contributed by atoms with Gasteiger partial charge in [0.1, 0.15) is 6.61 Å². The van der Waals surface area contributed by atoms with E-state index in [1.165, 1.54) is 5.56 Å². The minimum Gasteiger partial charge on any atom is -0.388 e. The number of aryl methyl sites for hydroxylation is 2. The van der Waals surface area contributed by atoms with Crippen molar-refractivity contribution >= 4 is 0 Å². The summed E-state index contributed by atoms with van der Waals surface area (Å²) in [6.07, 6.45) is 0.860. The van der Waals surface area contributed by atoms with Gasteiger partial charge in [-0.1, -0.05) is 30.3 Å². The van der Waals surface area contributed by atoms with E-state index in [2.05, 4.69) is 27.7 Å². The second-order valence-electron chi connectivity index (χ2n) is 3.21. The first kappa shape index (κ1) is 9.79. The Morgan fingerprint density at radius 3 is 2.73 bits per heavy atom. The maximum atomic E-state index is 8.94. The van der Waals surface area contributed by atoms with Gasteiger partial charge in [0.15, 0.2) is 5.82 Å². The van der Waals surface area contributed by atoms with Crippen LogP contribution in [-0.2, 0) is 19.6 Å². The molecule has 15 heavy (non-hydrogen) atoms. The van der Waals surface area contributed by atoms with Gasteiger partial charge in [-0.2, -0.15) is 0 Å². The minimum absolute atomic E-state index is 0.123. The first-order chi connectivity index (χ1) is 7.40. The third-order valence-corrected chi connectivity index (χ3v) is 2.20. The molecule has 0 amide bonds. The van der Waals surface area contributed by atoms with Gasteiger partial charge in [-0.3, -0.25) is 0 Å². The van der Waals surface area contributed by atoms with Crippen LogP contribution in [0.4, 0.5) is 0 Å². The summed E-state index contributed by atoms with van der Waals surface area (Å²) >= 11 is 0. The lowest BCUT2D eigenvalue weighted by atomic mass is 10.1. The van der Waals surface area contributed by atoms with Crippen LogP contribution in [0.25, 0.3) is 0 Å². The molecule has 78 valence electrons. The lowest BCUT2D eigenvalue weighted by molar-refractivity contribution is 0.262. The molecule has 0 aliphatic heterocycles. The molecule has 1 aromatic carbocycles. The molecule has 1 aromatic heterocycles. The maximum Gasteiger partial charge on any atom is 0.176 e. The van der Waals surface area contributed by atoms with Crippen molar-refractivity contribution in [3.8, 4) is 0 Å². The number of rotatable bonds is 4. The lowest BCUT2D eigenvalue weighted by Gasteiger charge is -2.02. The van der Waals surface area contributed by atoms with Gasteiger partial charge in [0, 0.05) is 6.54 Å². The second kappa shape index (κ2) is 4.65. The topological polar surface area (TPSA) is 63.8 Å². The minimum atomic E-state index is -0.123. The zero-order valence-corrected chi connectivity index (χ0v) is 8.24. The summed E-state index contributed by atoms with van der Waals surface area (Å²) in [6, 6.07) is 10.1. The molecule has 0 saturated carbocycles. The van der Waals surface area contributed by atoms with Crippen molar-refractivity contribution < 1.29 is 5.11 Å². The van der Waals surface area contributed by atoms with E-state index in [1.54, 1.807) is 4.68 Å². The Balaban J connectivity index is 1.99. The molecular formula is C10H12N4O. The molecule has 2 rings (SSSR count). The van der Waals surface area contributed by atoms with E-state index < -0.39 is 0 Å². The summed E-state index contributed by atoms with van der Waals surface area (Å²) in [5.74, 6) is 0.505. The van der Waals surface area contributed by atoms with Gasteiger partial charge < -0.3 is 5.11 Å². The van der Waals surface area contributed by atoms with Crippen molar-refractivity contribution in [3.05, 3.63) is 41.7 Å². The Kier molecular flexibility index (Phi) is 3.04. The Bertz CT molecular complexity index is 412. The van der Waals surface area contributed by atoms with Crippen LogP contribution >= 0.6 is 0 Å². The number of benzene rings is 1. The van der Waals surface area contributed by atoms with Gasteiger partial charge in [0.05, 0.1) is 0 Å². The van der Waals surface area contributed by atoms with Crippen molar-refractivity contribution in [2.45, 2.75) is 19.6 Å². The predicted octanol–water partition coefficient (Wildman–Crippen LogP) is 0.408. The van der Waals surface area contributed by atoms with Crippen molar-refractivity contribution in [3.63, 3.8) is 0 Å². The number of hydrogen-bond donors (Lipinski definition) is 1. The first-order valence-corrected chi connectivity index (χ1v) is 4.80. The van der Waals surface area contributed by atoms with Crippen LogP contribution in [0, 0.1) is 0 Å². The Hall–Kier alpha value is -1.75. The third-order valence-electron chi connectivity index (χ3n) is 2.20. The molecular weight excluding hydrogens is 192 g/mol. The van der Waals surface area contributed by atoms with Crippen LogP contribution in [0.15, 0.2) is 30.3 Å². The van der Waals surface area contributed by atoms with Crippen LogP contribution < -0.4 is 0 Å². The lowest BCUT2D eigenvalue weighted by Crippen LogP contribution is -2.08. The Morgan fingerprint density at radius 1 is 1.20 bits per heavy atom. The number of aliphatic hydroxyl groups excluding tert-OH is 1. The van der Waals surface area contributed by atoms with Crippen LogP contribution in [0.3, 0.4) is 0 Å². The molecule has 0 spiro atoms. The van der Waals surface area contributed by atoms with E-state index in [-0.39, 0.29) is 6.61 Å². The zero-order chi connectivity index (χ0) is 10.5. The summed E-state index contributed by atoms with van der Waals surface area (Å²) in [4.78, 5) is 0. The number of tetrazole rings is 1. The van der Waals surface area contributed by atoms with Crippen LogP contribution in [0.1, 0.15) is 11.4 Å². The SMILES string of the molecule is OCc1nnnn1CCc1ccccc1. The number of aromatic nitrogens is 4. The molecule has 0 unspecified atom stereocenters. The smallest absolute Gasteiger partial charge is 0.176 e. The average Bonchev–Trinajstić information content (AvgIpc) is 2.75. The summed E-state index contributed by atoms with van der Waals surface area (Å²) in [5.41, 5.74) is 1.23. The van der Waals surface area contributed by atoms with Gasteiger partial charge in [-0.05, 0) is 22.4 Å². The van der Waals surface area contributed by atoms with E-state index in [1.807, 2.05) is 18.2 Å². The molecule has 2 aromatic rings. The van der Waals surface area contributed by atoms with E-state index in [4.69, 9.17) is 5.11 Å². The van der Waals surface area contributed by atoms with Gasteiger partial charge in [-0.15, -0.1) is 5.10 Å². The highest BCUT2D eigenvalue weighted by Gasteiger charge is 2.03. The molecule has 0 aliphatic carbocycles. The molecule has 0 bridgehead atoms. The monoisotopic (exact) mass is 204 g/mol. The van der Waals surface area contributed by atoms with E-state index >= 15 is 0 Å². The van der Waals surface area contributed by atoms with Crippen LogP contribution in [0.2, 0.25) is 0 Å². The third kappa shape index (κ3) is 2.38. The molecule has 0 atom stereocenters. The number of nitrogens with zero attached hydrogens (tertiary/aromatic N) is 4. The Labute approximate surface area is 87.4 Å². The standard InChI is InChI=1S/C10H12N4O/c15-8-10-11-12-13-14(10)7-6-9-4-2-1-3-5-9/h1-5,15H,6-8H2. The zero-order valence-electron chi connectivity index (χ0n) is 8.24. The van der Waals surface area contributed by atoms with Crippen molar-refractivity contribution in [1.82, 2.24) is 20.2 Å². The molecule has 0 saturated heterocycles. The van der Waals surface area contributed by atoms with Crippen molar-refractivity contribution in [2.75, 3.05) is 0 Å². The molecule has 0 aliphatic rings. The fourth-order valence-electron chi connectivity index (χ4n) is 1.39. The van der Waals surface area contributed by atoms with Gasteiger partial charge >= 0.3 is 0 Å². The summed E-state index contributed by atoms with van der Waals surface area (Å²) in [5, 5.41) is 19.9. The van der Waals surface area contributed by atoms with E-state index in [0.29, 0.717) is 12.4 Å². The largest absolute Gasteiger partial charge is 0.388 e. The molecule has 1 N–H and O–H groups in total. The van der Waals surface area contributed by atoms with Crippen molar-refractivity contribution in [2.24, 2.45) is 0 Å². The van der Waals surface area contributed by atoms with Gasteiger partial charge in [0.2, 0.25) is 0 Å². The highest BCUT2D eigenvalue weighted by molar-refractivity contribution is 5.14. The molecule has 0 radical (unpaired) electrons. The fraction of sp³-hybridized carbons (Fsp3) is 0.300. The summed E-state index contributed by atoms with van der Waals surface area (Å²) < 4.78 is 1.62. The summed E-state index contributed by atoms with van der Waals surface area (Å²) in [7, 11) is 0. The quantitative estimate of drug-likeness (QED) is 0.783. The van der Waals surface area contributed by atoms with E-state index in [9.17, 15) is 0 Å². The Morgan fingerprint density at radius 2 is 2.00 bits per heavy atom. The maximum absolute atomic E-state index is 8.94. The van der Waals surface area contributed by atoms with Crippen molar-refractivity contribution in [1.29, 1.82) is 0 Å². The molecule has 5 heteroatoms. The predicted molar refractivity (Wildman–Crippen MR) is 53.9 cm³/mol. The number of hydrogen-bond acceptors (Lipinski definition) is 4. The fourth-order valence-corrected chi connectivity index (χ4v) is 1.39. The summed E-state index contributed by atoms with van der Waals surface area (Å²) in [6.45, 7) is 0.564. The highest BCUT2D eigenvalue weighted by Crippen LogP contribution is 2.02. The highest BCUT2D eigenvalue weighted by atomic mass is 16.3. The second-order valence-corrected chi connectivity index (χ2v) is 3.21. The number of aliphatic hydroxyl groups is 1. The molecule has 0 fully saturated rings. The van der Waals surface area contributed by atoms with E-state index in [0.717, 1.165) is 6.42 Å².